The van der Waals surface area contributed by atoms with Gasteiger partial charge in [-0.25, -0.2) is 0 Å². The minimum atomic E-state index is 0.356. The number of carbonyl (C=O) groups is 1. The van der Waals surface area contributed by atoms with Crippen LogP contribution in [0.1, 0.15) is 44.1 Å². The molecular weight excluding hydrogens is 320 g/mol. The zero-order valence-electron chi connectivity index (χ0n) is 14.5. The van der Waals surface area contributed by atoms with Crippen molar-refractivity contribution in [2.24, 2.45) is 11.8 Å². The van der Waals surface area contributed by atoms with Gasteiger partial charge in [0.1, 0.15) is 0 Å². The molecule has 3 rings (SSSR count). The maximum atomic E-state index is 12.7. The molecule has 1 aliphatic carbocycles. The SMILES string of the molecule is O=C(CCC1CCNCC1)N(CCc1ccc(Cl)cc1)CC1CC1. The van der Waals surface area contributed by atoms with Gasteiger partial charge in [-0.05, 0) is 81.1 Å². The number of benzene rings is 1. The standard InChI is InChI=1S/C20H29ClN2O/c21-19-6-3-16(4-7-19)11-14-23(15-18-1-2-18)20(24)8-5-17-9-12-22-13-10-17/h3-4,6-7,17-18,22H,1-2,5,8-15H2. The minimum absolute atomic E-state index is 0.356. The monoisotopic (exact) mass is 348 g/mol. The van der Waals surface area contributed by atoms with E-state index >= 15 is 0 Å². The smallest absolute Gasteiger partial charge is 0.222 e. The summed E-state index contributed by atoms with van der Waals surface area (Å²) in [4.78, 5) is 14.8. The molecule has 0 spiro atoms. The molecule has 0 bridgehead atoms. The van der Waals surface area contributed by atoms with Crippen LogP contribution in [-0.2, 0) is 11.2 Å². The molecule has 1 aromatic rings. The van der Waals surface area contributed by atoms with Gasteiger partial charge < -0.3 is 10.2 Å². The van der Waals surface area contributed by atoms with Crippen molar-refractivity contribution in [3.63, 3.8) is 0 Å². The van der Waals surface area contributed by atoms with Crippen molar-refractivity contribution in [3.05, 3.63) is 34.9 Å². The third-order valence-corrected chi connectivity index (χ3v) is 5.59. The lowest BCUT2D eigenvalue weighted by atomic mass is 9.93. The first-order valence-corrected chi connectivity index (χ1v) is 9.81. The molecule has 2 fully saturated rings. The average molecular weight is 349 g/mol. The second-order valence-electron chi connectivity index (χ2n) is 7.39. The van der Waals surface area contributed by atoms with E-state index in [4.69, 9.17) is 11.6 Å². The number of halogens is 1. The first-order chi connectivity index (χ1) is 11.7. The molecule has 0 unspecified atom stereocenters. The van der Waals surface area contributed by atoms with Gasteiger partial charge >= 0.3 is 0 Å². The number of nitrogens with zero attached hydrogens (tertiary/aromatic N) is 1. The zero-order valence-corrected chi connectivity index (χ0v) is 15.2. The van der Waals surface area contributed by atoms with E-state index in [1.165, 1.54) is 31.2 Å². The fourth-order valence-electron chi connectivity index (χ4n) is 3.50. The molecule has 2 aliphatic rings. The summed E-state index contributed by atoms with van der Waals surface area (Å²) in [6.45, 7) is 4.02. The van der Waals surface area contributed by atoms with Crippen LogP contribution in [0.3, 0.4) is 0 Å². The molecule has 24 heavy (non-hydrogen) atoms. The van der Waals surface area contributed by atoms with E-state index in [0.29, 0.717) is 5.91 Å². The molecule has 1 N–H and O–H groups in total. The molecule has 1 saturated carbocycles. The minimum Gasteiger partial charge on any atom is -0.342 e. The number of nitrogens with one attached hydrogen (secondary N) is 1. The van der Waals surface area contributed by atoms with Gasteiger partial charge in [-0.3, -0.25) is 4.79 Å². The third kappa shape index (κ3) is 5.78. The fraction of sp³-hybridized carbons (Fsp3) is 0.650. The van der Waals surface area contributed by atoms with Gasteiger partial charge in [0.2, 0.25) is 5.91 Å². The van der Waals surface area contributed by atoms with Crippen LogP contribution >= 0.6 is 11.6 Å². The van der Waals surface area contributed by atoms with Gasteiger partial charge in [0.25, 0.3) is 0 Å². The molecule has 1 aliphatic heterocycles. The Balaban J connectivity index is 1.48. The summed E-state index contributed by atoms with van der Waals surface area (Å²) in [7, 11) is 0. The highest BCUT2D eigenvalue weighted by Gasteiger charge is 2.27. The summed E-state index contributed by atoms with van der Waals surface area (Å²) < 4.78 is 0. The van der Waals surface area contributed by atoms with Gasteiger partial charge in [-0.1, -0.05) is 23.7 Å². The number of hydrogen-bond donors (Lipinski definition) is 1. The summed E-state index contributed by atoms with van der Waals surface area (Å²) in [5, 5.41) is 4.17. The molecule has 0 radical (unpaired) electrons. The van der Waals surface area contributed by atoms with Crippen LogP contribution in [0.15, 0.2) is 24.3 Å². The van der Waals surface area contributed by atoms with Crippen molar-refractivity contribution in [1.82, 2.24) is 10.2 Å². The number of amides is 1. The highest BCUT2D eigenvalue weighted by atomic mass is 35.5. The van der Waals surface area contributed by atoms with Crippen LogP contribution in [0.5, 0.6) is 0 Å². The number of carbonyl (C=O) groups excluding carboxylic acids is 1. The Hall–Kier alpha value is -1.06. The molecule has 132 valence electrons. The lowest BCUT2D eigenvalue weighted by Gasteiger charge is -2.26. The van der Waals surface area contributed by atoms with E-state index in [9.17, 15) is 4.79 Å². The largest absolute Gasteiger partial charge is 0.342 e. The molecule has 1 saturated heterocycles. The predicted octanol–water partition coefficient (Wildman–Crippen LogP) is 3.90. The van der Waals surface area contributed by atoms with Gasteiger partial charge in [0, 0.05) is 24.5 Å². The van der Waals surface area contributed by atoms with Crippen LogP contribution in [0.4, 0.5) is 0 Å². The van der Waals surface area contributed by atoms with E-state index in [-0.39, 0.29) is 0 Å². The van der Waals surface area contributed by atoms with Crippen LogP contribution in [0.2, 0.25) is 5.02 Å². The molecule has 3 nitrogen and oxygen atoms in total. The first-order valence-electron chi connectivity index (χ1n) is 9.43. The summed E-state index contributed by atoms with van der Waals surface area (Å²) in [6, 6.07) is 8.00. The van der Waals surface area contributed by atoms with Gasteiger partial charge in [0.15, 0.2) is 0 Å². The molecule has 0 aromatic heterocycles. The Kier molecular flexibility index (Phi) is 6.56. The van der Waals surface area contributed by atoms with Crippen LogP contribution in [0, 0.1) is 11.8 Å². The van der Waals surface area contributed by atoms with Crippen molar-refractivity contribution in [2.75, 3.05) is 26.2 Å². The van der Waals surface area contributed by atoms with Crippen LogP contribution < -0.4 is 5.32 Å². The van der Waals surface area contributed by atoms with Crippen molar-refractivity contribution in [3.8, 4) is 0 Å². The Bertz CT molecular complexity index is 521. The Morgan fingerprint density at radius 3 is 2.46 bits per heavy atom. The molecule has 1 aromatic carbocycles. The highest BCUT2D eigenvalue weighted by molar-refractivity contribution is 6.30. The molecule has 4 heteroatoms. The van der Waals surface area contributed by atoms with Crippen molar-refractivity contribution < 1.29 is 4.79 Å². The fourth-order valence-corrected chi connectivity index (χ4v) is 3.63. The van der Waals surface area contributed by atoms with Crippen molar-refractivity contribution >= 4 is 17.5 Å². The maximum Gasteiger partial charge on any atom is 0.222 e. The second kappa shape index (κ2) is 8.87. The topological polar surface area (TPSA) is 32.3 Å². The van der Waals surface area contributed by atoms with Gasteiger partial charge in [-0.15, -0.1) is 0 Å². The number of rotatable bonds is 8. The van der Waals surface area contributed by atoms with Crippen molar-refractivity contribution in [1.29, 1.82) is 0 Å². The van der Waals surface area contributed by atoms with Crippen LogP contribution in [0.25, 0.3) is 0 Å². The Morgan fingerprint density at radius 1 is 1.08 bits per heavy atom. The molecular formula is C20H29ClN2O. The zero-order chi connectivity index (χ0) is 16.8. The lowest BCUT2D eigenvalue weighted by Crippen LogP contribution is -2.35. The Labute approximate surface area is 150 Å². The number of piperidine rings is 1. The maximum absolute atomic E-state index is 12.7. The van der Waals surface area contributed by atoms with E-state index in [1.54, 1.807) is 0 Å². The van der Waals surface area contributed by atoms with E-state index < -0.39 is 0 Å². The van der Waals surface area contributed by atoms with Crippen LogP contribution in [-0.4, -0.2) is 37.0 Å². The summed E-state index contributed by atoms with van der Waals surface area (Å²) in [6.07, 6.45) is 7.73. The van der Waals surface area contributed by atoms with E-state index in [2.05, 4.69) is 22.3 Å². The lowest BCUT2D eigenvalue weighted by molar-refractivity contribution is -0.131. The predicted molar refractivity (Wildman–Crippen MR) is 99.3 cm³/mol. The number of hydrogen-bond acceptors (Lipinski definition) is 2. The molecule has 0 atom stereocenters. The van der Waals surface area contributed by atoms with Gasteiger partial charge in [-0.2, -0.15) is 0 Å². The van der Waals surface area contributed by atoms with E-state index in [1.807, 2.05) is 12.1 Å². The third-order valence-electron chi connectivity index (χ3n) is 5.34. The highest BCUT2D eigenvalue weighted by Crippen LogP contribution is 2.30. The quantitative estimate of drug-likeness (QED) is 0.772. The second-order valence-corrected chi connectivity index (χ2v) is 7.83. The summed E-state index contributed by atoms with van der Waals surface area (Å²) >= 11 is 5.95. The van der Waals surface area contributed by atoms with Gasteiger partial charge in [0.05, 0.1) is 0 Å². The summed E-state index contributed by atoms with van der Waals surface area (Å²) in [5.41, 5.74) is 1.26. The Morgan fingerprint density at radius 2 is 1.79 bits per heavy atom. The van der Waals surface area contributed by atoms with Crippen molar-refractivity contribution in [2.45, 2.75) is 44.9 Å². The normalized spacial score (nSPS) is 18.5. The average Bonchev–Trinajstić information content (AvgIpc) is 3.43. The first kappa shape index (κ1) is 17.8. The summed E-state index contributed by atoms with van der Waals surface area (Å²) in [5.74, 6) is 1.83. The van der Waals surface area contributed by atoms with E-state index in [0.717, 1.165) is 62.3 Å². The molecule has 1 heterocycles. The molecule has 1 amide bonds.